The van der Waals surface area contributed by atoms with E-state index >= 15 is 0 Å². The number of nitrogens with one attached hydrogen (secondary N) is 2. The minimum atomic E-state index is -0.277. The van der Waals surface area contributed by atoms with Gasteiger partial charge in [-0.3, -0.25) is 14.7 Å². The molecule has 2 aliphatic rings. The number of halogens is 1. The molecule has 43 heavy (non-hydrogen) atoms. The van der Waals surface area contributed by atoms with Crippen LogP contribution in [0.15, 0.2) is 73.2 Å². The lowest BCUT2D eigenvalue weighted by Crippen LogP contribution is -2.36. The highest BCUT2D eigenvalue weighted by atomic mass is 35.5. The largest absolute Gasteiger partial charge is 0.494 e. The normalized spacial score (nSPS) is 18.5. The van der Waals surface area contributed by atoms with Crippen LogP contribution >= 0.6 is 11.6 Å². The van der Waals surface area contributed by atoms with Crippen LogP contribution in [0.3, 0.4) is 0 Å². The maximum Gasteiger partial charge on any atom is 0.248 e. The summed E-state index contributed by atoms with van der Waals surface area (Å²) in [6.07, 6.45) is 6.73. The molecule has 6 rings (SSSR count). The zero-order valence-electron chi connectivity index (χ0n) is 23.5. The van der Waals surface area contributed by atoms with Gasteiger partial charge in [-0.15, -0.1) is 0 Å². The number of methoxy groups -OCH3 is 1. The molecule has 4 aromatic rings. The highest BCUT2D eigenvalue weighted by Crippen LogP contribution is 2.35. The van der Waals surface area contributed by atoms with Gasteiger partial charge in [0.25, 0.3) is 0 Å². The lowest BCUT2D eigenvalue weighted by atomic mass is 10.1. The summed E-state index contributed by atoms with van der Waals surface area (Å²) in [5, 5.41) is 7.34. The molecule has 4 heterocycles. The van der Waals surface area contributed by atoms with Crippen LogP contribution in [0.25, 0.3) is 10.9 Å². The Hall–Kier alpha value is -4.29. The third kappa shape index (κ3) is 7.03. The number of ether oxygens (including phenoxy) is 4. The Balaban J connectivity index is 1.13. The van der Waals surface area contributed by atoms with Crippen molar-refractivity contribution in [3.8, 4) is 11.5 Å². The molecule has 2 atom stereocenters. The van der Waals surface area contributed by atoms with E-state index in [1.54, 1.807) is 37.6 Å². The van der Waals surface area contributed by atoms with E-state index in [1.165, 1.54) is 12.4 Å². The van der Waals surface area contributed by atoms with Crippen molar-refractivity contribution in [1.29, 1.82) is 0 Å². The predicted octanol–water partition coefficient (Wildman–Crippen LogP) is 4.60. The van der Waals surface area contributed by atoms with E-state index in [0.29, 0.717) is 71.0 Å². The molecule has 0 bridgehead atoms. The number of anilines is 3. The summed E-state index contributed by atoms with van der Waals surface area (Å²) in [6.45, 7) is 3.77. The molecule has 222 valence electrons. The van der Waals surface area contributed by atoms with Gasteiger partial charge in [0.05, 0.1) is 54.5 Å². The van der Waals surface area contributed by atoms with Crippen LogP contribution in [-0.4, -0.2) is 77.9 Å². The second-order valence-corrected chi connectivity index (χ2v) is 10.5. The SMILES string of the molecule is COc1cc2ncnc(Nc3ccc(OCc4ccccn4)c(Cl)c3)c2cc1NC(=O)/C=C/CN1C[C@@H]2OCCO[C@@H]2C1. The number of fused-ring (bicyclic) bond motifs is 2. The van der Waals surface area contributed by atoms with E-state index in [-0.39, 0.29) is 18.1 Å². The maximum atomic E-state index is 12.8. The number of hydrogen-bond acceptors (Lipinski definition) is 10. The van der Waals surface area contributed by atoms with Gasteiger partial charge in [0.2, 0.25) is 5.91 Å². The number of amides is 1. The average Bonchev–Trinajstić information content (AvgIpc) is 3.44. The number of aromatic nitrogens is 3. The fraction of sp³-hybridized carbons (Fsp3) is 0.290. The number of carbonyl (C=O) groups excluding carboxylic acids is 1. The van der Waals surface area contributed by atoms with Crippen molar-refractivity contribution in [2.24, 2.45) is 0 Å². The van der Waals surface area contributed by atoms with E-state index in [2.05, 4.69) is 30.5 Å². The first-order valence-corrected chi connectivity index (χ1v) is 14.3. The molecule has 12 heteroatoms. The number of pyridine rings is 1. The fourth-order valence-electron chi connectivity index (χ4n) is 5.09. The molecule has 2 N–H and O–H groups in total. The first kappa shape index (κ1) is 28.8. The fourth-order valence-corrected chi connectivity index (χ4v) is 5.32. The summed E-state index contributed by atoms with van der Waals surface area (Å²) in [6, 6.07) is 14.6. The van der Waals surface area contributed by atoms with E-state index in [0.717, 1.165) is 18.8 Å². The van der Waals surface area contributed by atoms with Crippen LogP contribution in [0.1, 0.15) is 5.69 Å². The zero-order chi connectivity index (χ0) is 29.6. The third-order valence-corrected chi connectivity index (χ3v) is 7.48. The van der Waals surface area contributed by atoms with Crippen molar-refractivity contribution < 1.29 is 23.7 Å². The smallest absolute Gasteiger partial charge is 0.248 e. The molecule has 2 saturated heterocycles. The topological polar surface area (TPSA) is 120 Å². The Morgan fingerprint density at radius 3 is 2.65 bits per heavy atom. The Morgan fingerprint density at radius 1 is 1.07 bits per heavy atom. The van der Waals surface area contributed by atoms with Gasteiger partial charge in [-0.1, -0.05) is 23.7 Å². The quantitative estimate of drug-likeness (QED) is 0.249. The van der Waals surface area contributed by atoms with Gasteiger partial charge in [0.1, 0.15) is 30.3 Å². The summed E-state index contributed by atoms with van der Waals surface area (Å²) in [4.78, 5) is 28.1. The molecule has 2 aromatic heterocycles. The van der Waals surface area contributed by atoms with Crippen LogP contribution in [0.4, 0.5) is 17.2 Å². The van der Waals surface area contributed by atoms with E-state index in [1.807, 2.05) is 30.3 Å². The van der Waals surface area contributed by atoms with Crippen molar-refractivity contribution >= 4 is 45.6 Å². The van der Waals surface area contributed by atoms with Crippen LogP contribution in [0.5, 0.6) is 11.5 Å². The van der Waals surface area contributed by atoms with Crippen molar-refractivity contribution in [3.05, 3.63) is 83.9 Å². The molecule has 2 aliphatic heterocycles. The second kappa shape index (κ2) is 13.3. The van der Waals surface area contributed by atoms with Crippen LogP contribution in [0.2, 0.25) is 5.02 Å². The minimum Gasteiger partial charge on any atom is -0.494 e. The van der Waals surface area contributed by atoms with Gasteiger partial charge in [0, 0.05) is 49.0 Å². The molecule has 0 radical (unpaired) electrons. The molecule has 1 amide bonds. The van der Waals surface area contributed by atoms with Gasteiger partial charge in [-0.25, -0.2) is 9.97 Å². The molecular weight excluding hydrogens is 572 g/mol. The first-order chi connectivity index (χ1) is 21.1. The molecule has 2 aromatic carbocycles. The van der Waals surface area contributed by atoms with E-state index in [9.17, 15) is 4.79 Å². The summed E-state index contributed by atoms with van der Waals surface area (Å²) in [5.41, 5.74) is 2.64. The number of hydrogen-bond donors (Lipinski definition) is 2. The number of nitrogens with zero attached hydrogens (tertiary/aromatic N) is 4. The third-order valence-electron chi connectivity index (χ3n) is 7.18. The zero-order valence-corrected chi connectivity index (χ0v) is 24.3. The number of benzene rings is 2. The van der Waals surface area contributed by atoms with E-state index in [4.69, 9.17) is 30.5 Å². The summed E-state index contributed by atoms with van der Waals surface area (Å²) in [5.74, 6) is 1.28. The highest BCUT2D eigenvalue weighted by molar-refractivity contribution is 6.32. The average molecular weight is 603 g/mol. The monoisotopic (exact) mass is 602 g/mol. The Bertz CT molecular complexity index is 1610. The first-order valence-electron chi connectivity index (χ1n) is 13.9. The molecule has 0 spiro atoms. The van der Waals surface area contributed by atoms with Crippen LogP contribution < -0.4 is 20.1 Å². The second-order valence-electron chi connectivity index (χ2n) is 10.1. The van der Waals surface area contributed by atoms with Gasteiger partial charge < -0.3 is 29.6 Å². The Morgan fingerprint density at radius 2 is 1.91 bits per heavy atom. The molecule has 0 aliphatic carbocycles. The van der Waals surface area contributed by atoms with Crippen molar-refractivity contribution in [1.82, 2.24) is 19.9 Å². The van der Waals surface area contributed by atoms with Crippen molar-refractivity contribution in [3.63, 3.8) is 0 Å². The molecule has 11 nitrogen and oxygen atoms in total. The van der Waals surface area contributed by atoms with E-state index < -0.39 is 0 Å². The molecule has 0 saturated carbocycles. The van der Waals surface area contributed by atoms with Crippen LogP contribution in [0, 0.1) is 0 Å². The summed E-state index contributed by atoms with van der Waals surface area (Å²) in [7, 11) is 1.55. The van der Waals surface area contributed by atoms with Gasteiger partial charge in [0.15, 0.2) is 0 Å². The number of rotatable bonds is 10. The summed E-state index contributed by atoms with van der Waals surface area (Å²) >= 11 is 6.51. The lowest BCUT2D eigenvalue weighted by Gasteiger charge is -2.24. The highest BCUT2D eigenvalue weighted by Gasteiger charge is 2.35. The maximum absolute atomic E-state index is 12.8. The molecule has 2 fully saturated rings. The minimum absolute atomic E-state index is 0.0994. The molecular formula is C31H31ClN6O5. The predicted molar refractivity (Wildman–Crippen MR) is 163 cm³/mol. The van der Waals surface area contributed by atoms with Gasteiger partial charge in [-0.2, -0.15) is 0 Å². The standard InChI is InChI=1S/C31H31ClN6O5/c1-40-27-15-24-22(14-25(27)37-30(39)6-4-10-38-16-28-29(17-38)42-12-11-41-28)31(35-19-34-24)36-20-7-8-26(23(32)13-20)43-18-21-5-2-3-9-33-21/h2-9,13-15,19,28-29H,10-12,16-18H2,1H3,(H,37,39)(H,34,35,36)/b6-4+/t28-,29+. The lowest BCUT2D eigenvalue weighted by molar-refractivity contribution is -0.116. The van der Waals surface area contributed by atoms with Crippen molar-refractivity contribution in [2.45, 2.75) is 18.8 Å². The number of likely N-dealkylation sites (tertiary alicyclic amines) is 1. The number of carbonyl (C=O) groups is 1. The van der Waals surface area contributed by atoms with Gasteiger partial charge >= 0.3 is 0 Å². The molecule has 0 unspecified atom stereocenters. The Labute approximate surface area is 253 Å². The summed E-state index contributed by atoms with van der Waals surface area (Å²) < 4.78 is 22.9. The Kier molecular flexibility index (Phi) is 8.94. The van der Waals surface area contributed by atoms with Gasteiger partial charge in [-0.05, 0) is 36.4 Å². The van der Waals surface area contributed by atoms with Crippen LogP contribution in [-0.2, 0) is 20.9 Å². The van der Waals surface area contributed by atoms with Crippen molar-refractivity contribution in [2.75, 3.05) is 50.6 Å².